The minimum atomic E-state index is -5.08. The predicted molar refractivity (Wildman–Crippen MR) is 119 cm³/mol. The van der Waals surface area contributed by atoms with E-state index in [1.165, 1.54) is 4.31 Å². The first-order valence-electron chi connectivity index (χ1n) is 11.5. The summed E-state index contributed by atoms with van der Waals surface area (Å²) in [4.78, 5) is 26.0. The van der Waals surface area contributed by atoms with Crippen LogP contribution in [0, 0.1) is 0 Å². The first kappa shape index (κ1) is 32.6. The summed E-state index contributed by atoms with van der Waals surface area (Å²) >= 11 is 0. The third-order valence-electron chi connectivity index (χ3n) is 5.93. The summed E-state index contributed by atoms with van der Waals surface area (Å²) in [5.41, 5.74) is -0.799. The number of carbonyl (C=O) groups excluding carboxylic acids is 1. The number of halogens is 6. The number of carbonyl (C=O) groups is 2. The standard InChI is InChI=1S/C18H27F3N4O6S.C2HF3O2/c19-18(20,21)15(12-26)31-16(27)24-6-2-17(3-7-24)13-25(9-10-30-17)32(28,29)11-1-5-23-8-4-22-14-23;3-2(4,5)1(6)7/h4,8,14-15,26H,1-3,5-7,9-13H2;(H,6,7)/t15-;/m1./s1. The van der Waals surface area contributed by atoms with E-state index in [0.717, 1.165) is 4.90 Å². The molecule has 1 aromatic heterocycles. The molecule has 3 heterocycles. The monoisotopic (exact) mass is 598 g/mol. The summed E-state index contributed by atoms with van der Waals surface area (Å²) < 4.78 is 109. The van der Waals surface area contributed by atoms with Crippen LogP contribution in [0.2, 0.25) is 0 Å². The van der Waals surface area contributed by atoms with E-state index in [1.54, 1.807) is 23.3 Å². The van der Waals surface area contributed by atoms with Gasteiger partial charge in [0.1, 0.15) is 0 Å². The largest absolute Gasteiger partial charge is 0.490 e. The van der Waals surface area contributed by atoms with Crippen LogP contribution in [-0.4, -0.2) is 119 Å². The van der Waals surface area contributed by atoms with Crippen molar-refractivity contribution in [3.8, 4) is 0 Å². The van der Waals surface area contributed by atoms with E-state index in [4.69, 9.17) is 19.7 Å². The summed E-state index contributed by atoms with van der Waals surface area (Å²) in [5.74, 6) is -2.79. The van der Waals surface area contributed by atoms with Gasteiger partial charge >= 0.3 is 24.4 Å². The Morgan fingerprint density at radius 3 is 2.23 bits per heavy atom. The highest BCUT2D eigenvalue weighted by Gasteiger charge is 2.46. The van der Waals surface area contributed by atoms with Crippen molar-refractivity contribution in [1.29, 1.82) is 0 Å². The van der Waals surface area contributed by atoms with Crippen molar-refractivity contribution in [2.75, 3.05) is 45.1 Å². The van der Waals surface area contributed by atoms with Crippen molar-refractivity contribution < 1.29 is 64.0 Å². The second kappa shape index (κ2) is 13.1. The Bertz CT molecular complexity index is 1040. The molecule has 1 spiro atoms. The fourth-order valence-electron chi connectivity index (χ4n) is 3.83. The van der Waals surface area contributed by atoms with Gasteiger partial charge in [-0.15, -0.1) is 0 Å². The maximum absolute atomic E-state index is 12.8. The average molecular weight is 599 g/mol. The highest BCUT2D eigenvalue weighted by atomic mass is 32.2. The quantitative estimate of drug-likeness (QED) is 0.445. The third-order valence-corrected chi connectivity index (χ3v) is 7.84. The highest BCUT2D eigenvalue weighted by Crippen LogP contribution is 2.32. The van der Waals surface area contributed by atoms with Gasteiger partial charge in [-0.3, -0.25) is 0 Å². The van der Waals surface area contributed by atoms with E-state index < -0.39 is 52.8 Å². The lowest BCUT2D eigenvalue weighted by molar-refractivity contribution is -0.215. The number of nitrogens with zero attached hydrogens (tertiary/aromatic N) is 4. The van der Waals surface area contributed by atoms with Gasteiger partial charge in [0.25, 0.3) is 0 Å². The number of imidazole rings is 1. The molecular formula is C20H28F6N4O8S. The normalized spacial score (nSPS) is 19.2. The predicted octanol–water partition coefficient (Wildman–Crippen LogP) is 1.46. The number of aryl methyl sites for hydroxylation is 1. The molecule has 0 saturated carbocycles. The fourth-order valence-corrected chi connectivity index (χ4v) is 5.36. The molecule has 224 valence electrons. The van der Waals surface area contributed by atoms with Crippen molar-refractivity contribution >= 4 is 22.1 Å². The van der Waals surface area contributed by atoms with Crippen LogP contribution in [-0.2, 0) is 30.8 Å². The Morgan fingerprint density at radius 2 is 1.74 bits per heavy atom. The van der Waals surface area contributed by atoms with E-state index >= 15 is 0 Å². The van der Waals surface area contributed by atoms with Crippen LogP contribution in [0.25, 0.3) is 0 Å². The molecule has 2 fully saturated rings. The van der Waals surface area contributed by atoms with Crippen LogP contribution in [0.3, 0.4) is 0 Å². The van der Waals surface area contributed by atoms with Gasteiger partial charge in [0.2, 0.25) is 16.1 Å². The second-order valence-corrected chi connectivity index (χ2v) is 10.8. The maximum Gasteiger partial charge on any atom is 0.490 e. The third kappa shape index (κ3) is 9.80. The number of amides is 1. The number of rotatable bonds is 7. The van der Waals surface area contributed by atoms with Crippen molar-refractivity contribution in [2.45, 2.75) is 49.9 Å². The van der Waals surface area contributed by atoms with E-state index in [-0.39, 0.29) is 51.4 Å². The van der Waals surface area contributed by atoms with Gasteiger partial charge in [0.05, 0.1) is 30.9 Å². The number of hydrogen-bond acceptors (Lipinski definition) is 8. The summed E-state index contributed by atoms with van der Waals surface area (Å²) in [7, 11) is -3.52. The zero-order valence-electron chi connectivity index (χ0n) is 20.4. The molecule has 0 aliphatic carbocycles. The number of aliphatic hydroxyl groups excluding tert-OH is 1. The van der Waals surface area contributed by atoms with Gasteiger partial charge in [-0.2, -0.15) is 30.6 Å². The van der Waals surface area contributed by atoms with Crippen LogP contribution in [0.15, 0.2) is 18.7 Å². The number of sulfonamides is 1. The molecule has 2 N–H and O–H groups in total. The van der Waals surface area contributed by atoms with Crippen molar-refractivity contribution in [3.05, 3.63) is 18.7 Å². The number of carboxylic acid groups (broad SMARTS) is 1. The number of carboxylic acids is 1. The SMILES string of the molecule is O=C(O)C(F)(F)F.O=C(O[C@H](CO)C(F)(F)F)N1CCC2(CC1)CN(S(=O)(=O)CCCn1ccnc1)CCO2. The molecule has 1 atom stereocenters. The molecule has 0 bridgehead atoms. The van der Waals surface area contributed by atoms with Crippen LogP contribution in [0.1, 0.15) is 19.3 Å². The number of aliphatic hydroxyl groups is 1. The number of likely N-dealkylation sites (tertiary alicyclic amines) is 1. The minimum absolute atomic E-state index is 0.0281. The summed E-state index contributed by atoms with van der Waals surface area (Å²) in [6.45, 7) is -0.156. The molecule has 19 heteroatoms. The summed E-state index contributed by atoms with van der Waals surface area (Å²) in [5, 5.41) is 16.0. The Balaban J connectivity index is 0.000000673. The average Bonchev–Trinajstić information content (AvgIpc) is 3.35. The van der Waals surface area contributed by atoms with Gasteiger partial charge in [-0.25, -0.2) is 23.0 Å². The summed E-state index contributed by atoms with van der Waals surface area (Å²) in [6.07, 6.45) is -7.75. The van der Waals surface area contributed by atoms with E-state index in [1.807, 2.05) is 0 Å². The Hall–Kier alpha value is -2.64. The smallest absolute Gasteiger partial charge is 0.475 e. The number of aliphatic carboxylic acids is 1. The lowest BCUT2D eigenvalue weighted by atomic mass is 9.90. The van der Waals surface area contributed by atoms with Crippen LogP contribution >= 0.6 is 0 Å². The zero-order chi connectivity index (χ0) is 29.5. The lowest BCUT2D eigenvalue weighted by Crippen LogP contribution is -2.59. The van der Waals surface area contributed by atoms with Gasteiger partial charge in [-0.05, 0) is 19.3 Å². The molecule has 0 unspecified atom stereocenters. The molecule has 2 saturated heterocycles. The van der Waals surface area contributed by atoms with E-state index in [2.05, 4.69) is 9.72 Å². The van der Waals surface area contributed by atoms with Crippen LogP contribution in [0.4, 0.5) is 31.1 Å². The fraction of sp³-hybridized carbons (Fsp3) is 0.750. The highest BCUT2D eigenvalue weighted by molar-refractivity contribution is 7.89. The van der Waals surface area contributed by atoms with Crippen molar-refractivity contribution in [2.24, 2.45) is 0 Å². The topological polar surface area (TPSA) is 151 Å². The molecule has 39 heavy (non-hydrogen) atoms. The van der Waals surface area contributed by atoms with Gasteiger partial charge in [0, 0.05) is 45.1 Å². The summed E-state index contributed by atoms with van der Waals surface area (Å²) in [6, 6.07) is 0. The molecule has 2 aliphatic heterocycles. The van der Waals surface area contributed by atoms with Gasteiger partial charge in [0.15, 0.2) is 0 Å². The molecule has 2 aliphatic rings. The van der Waals surface area contributed by atoms with Crippen molar-refractivity contribution in [1.82, 2.24) is 18.8 Å². The number of ether oxygens (including phenoxy) is 2. The first-order valence-corrected chi connectivity index (χ1v) is 13.1. The van der Waals surface area contributed by atoms with Crippen LogP contribution < -0.4 is 0 Å². The number of aromatic nitrogens is 2. The number of hydrogen-bond donors (Lipinski definition) is 2. The molecule has 12 nitrogen and oxygen atoms in total. The molecule has 0 aromatic carbocycles. The minimum Gasteiger partial charge on any atom is -0.475 e. The lowest BCUT2D eigenvalue weighted by Gasteiger charge is -2.46. The Labute approximate surface area is 219 Å². The first-order chi connectivity index (χ1) is 18.0. The molecular weight excluding hydrogens is 570 g/mol. The number of piperidine rings is 1. The van der Waals surface area contributed by atoms with E-state index in [0.29, 0.717) is 13.0 Å². The molecule has 1 aromatic rings. The van der Waals surface area contributed by atoms with Gasteiger partial charge in [-0.1, -0.05) is 0 Å². The number of alkyl halides is 6. The van der Waals surface area contributed by atoms with Crippen molar-refractivity contribution in [3.63, 3.8) is 0 Å². The van der Waals surface area contributed by atoms with Crippen LogP contribution in [0.5, 0.6) is 0 Å². The zero-order valence-corrected chi connectivity index (χ0v) is 21.2. The maximum atomic E-state index is 12.8. The molecule has 1 amide bonds. The van der Waals surface area contributed by atoms with E-state index in [9.17, 15) is 39.6 Å². The number of morpholine rings is 1. The molecule has 3 rings (SSSR count). The second-order valence-electron chi connectivity index (χ2n) is 8.72. The Kier molecular flexibility index (Phi) is 11.0. The Morgan fingerprint density at radius 1 is 1.13 bits per heavy atom. The van der Waals surface area contributed by atoms with Gasteiger partial charge < -0.3 is 29.2 Å². The molecule has 0 radical (unpaired) electrons.